The number of carbonyl (C=O) groups excluding carboxylic acids is 1. The molecule has 1 heterocycles. The zero-order valence-electron chi connectivity index (χ0n) is 10.3. The van der Waals surface area contributed by atoms with Crippen molar-refractivity contribution in [3.05, 3.63) is 67.8 Å². The lowest BCUT2D eigenvalue weighted by Crippen LogP contribution is -2.15. The molecule has 0 amide bonds. The smallest absolute Gasteiger partial charge is 0.351 e. The van der Waals surface area contributed by atoms with Gasteiger partial charge in [0, 0.05) is 23.8 Å². The van der Waals surface area contributed by atoms with Crippen LogP contribution in [0.4, 0.5) is 5.69 Å². The molecule has 2 aromatic rings. The molecule has 0 aliphatic carbocycles. The lowest BCUT2D eigenvalue weighted by molar-refractivity contribution is -0.384. The number of rotatable bonds is 3. The van der Waals surface area contributed by atoms with Crippen LogP contribution in [0, 0.1) is 17.0 Å². The number of aryl methyl sites for hydroxylation is 1. The van der Waals surface area contributed by atoms with Gasteiger partial charge in [0.25, 0.3) is 5.69 Å². The minimum absolute atomic E-state index is 0.0436. The van der Waals surface area contributed by atoms with Gasteiger partial charge in [-0.3, -0.25) is 14.9 Å². The predicted octanol–water partition coefficient (Wildman–Crippen LogP) is 1.79. The molecular weight excluding hydrogens is 266 g/mol. The highest BCUT2D eigenvalue weighted by atomic mass is 16.6. The molecule has 7 nitrogen and oxygen atoms in total. The van der Waals surface area contributed by atoms with Crippen molar-refractivity contribution < 1.29 is 19.2 Å². The second-order valence-electron chi connectivity index (χ2n) is 4.04. The molecular formula is C13H9NO6. The van der Waals surface area contributed by atoms with Gasteiger partial charge in [-0.25, -0.2) is 4.79 Å². The number of nitrogens with zero attached hydrogens (tertiary/aromatic N) is 1. The fourth-order valence-corrected chi connectivity index (χ4v) is 1.68. The Labute approximate surface area is 112 Å². The molecule has 102 valence electrons. The van der Waals surface area contributed by atoms with Gasteiger partial charge in [-0.15, -0.1) is 0 Å². The van der Waals surface area contributed by atoms with Crippen molar-refractivity contribution in [2.24, 2.45) is 0 Å². The maximum Gasteiger partial charge on any atom is 0.351 e. The molecule has 0 spiro atoms. The molecule has 1 N–H and O–H groups in total. The molecule has 0 unspecified atom stereocenters. The van der Waals surface area contributed by atoms with Gasteiger partial charge in [-0.2, -0.15) is 0 Å². The van der Waals surface area contributed by atoms with Crippen molar-refractivity contribution in [3.63, 3.8) is 0 Å². The molecule has 20 heavy (non-hydrogen) atoms. The van der Waals surface area contributed by atoms with Gasteiger partial charge in [-0.05, 0) is 19.1 Å². The summed E-state index contributed by atoms with van der Waals surface area (Å²) in [5.41, 5.74) is -1.58. The molecule has 0 atom stereocenters. The summed E-state index contributed by atoms with van der Waals surface area (Å²) >= 11 is 0. The number of ketones is 1. The van der Waals surface area contributed by atoms with Gasteiger partial charge in [-0.1, -0.05) is 0 Å². The monoisotopic (exact) mass is 275 g/mol. The Kier molecular flexibility index (Phi) is 3.34. The van der Waals surface area contributed by atoms with Crippen molar-refractivity contribution in [2.75, 3.05) is 0 Å². The summed E-state index contributed by atoms with van der Waals surface area (Å²) in [6.45, 7) is 1.46. The Balaban J connectivity index is 2.47. The van der Waals surface area contributed by atoms with E-state index in [1.165, 1.54) is 19.1 Å². The summed E-state index contributed by atoms with van der Waals surface area (Å²) in [6.07, 6.45) is 0. The summed E-state index contributed by atoms with van der Waals surface area (Å²) in [5, 5.41) is 20.2. The van der Waals surface area contributed by atoms with E-state index in [9.17, 15) is 24.8 Å². The largest absolute Gasteiger partial charge is 0.507 e. The molecule has 0 saturated carbocycles. The first kappa shape index (κ1) is 13.5. The highest BCUT2D eigenvalue weighted by Crippen LogP contribution is 2.20. The summed E-state index contributed by atoms with van der Waals surface area (Å²) in [5.74, 6) is -1.07. The van der Waals surface area contributed by atoms with Crippen LogP contribution in [-0.4, -0.2) is 15.8 Å². The van der Waals surface area contributed by atoms with Crippen molar-refractivity contribution in [3.8, 4) is 5.75 Å². The standard InChI is InChI=1S/C13H9NO6/c1-7-6-10(15)11(13(17)20-7)12(16)8-2-4-9(5-3-8)14(18)19/h2-6,15H,1H3. The summed E-state index contributed by atoms with van der Waals surface area (Å²) in [4.78, 5) is 33.6. The predicted molar refractivity (Wildman–Crippen MR) is 67.9 cm³/mol. The Morgan fingerprint density at radius 1 is 1.30 bits per heavy atom. The minimum atomic E-state index is -0.953. The van der Waals surface area contributed by atoms with E-state index in [4.69, 9.17) is 4.42 Å². The quantitative estimate of drug-likeness (QED) is 0.519. The van der Waals surface area contributed by atoms with E-state index in [2.05, 4.69) is 0 Å². The number of hydrogen-bond acceptors (Lipinski definition) is 6. The van der Waals surface area contributed by atoms with E-state index in [0.29, 0.717) is 0 Å². The number of non-ortho nitro benzene ring substituents is 1. The topological polar surface area (TPSA) is 111 Å². The van der Waals surface area contributed by atoms with E-state index in [0.717, 1.165) is 18.2 Å². The molecule has 2 rings (SSSR count). The van der Waals surface area contributed by atoms with Gasteiger partial charge in [0.2, 0.25) is 5.78 Å². The van der Waals surface area contributed by atoms with E-state index in [1.807, 2.05) is 0 Å². The maximum absolute atomic E-state index is 12.1. The van der Waals surface area contributed by atoms with E-state index in [-0.39, 0.29) is 17.0 Å². The van der Waals surface area contributed by atoms with Crippen molar-refractivity contribution in [1.29, 1.82) is 0 Å². The van der Waals surface area contributed by atoms with Crippen LogP contribution in [0.2, 0.25) is 0 Å². The zero-order valence-corrected chi connectivity index (χ0v) is 10.3. The fraction of sp³-hybridized carbons (Fsp3) is 0.0769. The lowest BCUT2D eigenvalue weighted by atomic mass is 10.0. The van der Waals surface area contributed by atoms with Crippen LogP contribution in [0.3, 0.4) is 0 Å². The molecule has 1 aromatic carbocycles. The first-order chi connectivity index (χ1) is 9.40. The summed E-state index contributed by atoms with van der Waals surface area (Å²) in [7, 11) is 0. The molecule has 0 saturated heterocycles. The number of carbonyl (C=O) groups is 1. The van der Waals surface area contributed by atoms with Crippen LogP contribution in [-0.2, 0) is 0 Å². The van der Waals surface area contributed by atoms with Crippen molar-refractivity contribution in [1.82, 2.24) is 0 Å². The van der Waals surface area contributed by atoms with Gasteiger partial charge in [0.1, 0.15) is 17.1 Å². The van der Waals surface area contributed by atoms with Crippen molar-refractivity contribution in [2.45, 2.75) is 6.92 Å². The Hall–Kier alpha value is -2.96. The molecule has 7 heteroatoms. The van der Waals surface area contributed by atoms with Crippen molar-refractivity contribution >= 4 is 11.5 Å². The summed E-state index contributed by atoms with van der Waals surface area (Å²) in [6, 6.07) is 5.85. The third-order valence-electron chi connectivity index (χ3n) is 2.62. The van der Waals surface area contributed by atoms with Crippen LogP contribution in [0.1, 0.15) is 21.7 Å². The third-order valence-corrected chi connectivity index (χ3v) is 2.62. The van der Waals surface area contributed by atoms with E-state index >= 15 is 0 Å². The molecule has 1 aromatic heterocycles. The first-order valence-electron chi connectivity index (χ1n) is 5.53. The van der Waals surface area contributed by atoms with Gasteiger partial charge >= 0.3 is 5.63 Å². The minimum Gasteiger partial charge on any atom is -0.507 e. The third kappa shape index (κ3) is 2.41. The normalized spacial score (nSPS) is 10.2. The van der Waals surface area contributed by atoms with Crippen LogP contribution in [0.15, 0.2) is 39.5 Å². The molecule has 0 aliphatic heterocycles. The van der Waals surface area contributed by atoms with E-state index in [1.54, 1.807) is 0 Å². The fourth-order valence-electron chi connectivity index (χ4n) is 1.68. The second kappa shape index (κ2) is 4.96. The van der Waals surface area contributed by atoms with Gasteiger partial charge in [0.15, 0.2) is 0 Å². The molecule has 0 fully saturated rings. The number of hydrogen-bond donors (Lipinski definition) is 1. The number of aromatic hydroxyl groups is 1. The number of nitro benzene ring substituents is 1. The second-order valence-corrected chi connectivity index (χ2v) is 4.04. The SMILES string of the molecule is Cc1cc(O)c(C(=O)c2ccc([N+](=O)[O-])cc2)c(=O)o1. The number of nitro groups is 1. The Morgan fingerprint density at radius 3 is 2.40 bits per heavy atom. The van der Waals surface area contributed by atoms with Gasteiger partial charge < -0.3 is 9.52 Å². The Morgan fingerprint density at radius 2 is 1.90 bits per heavy atom. The van der Waals surface area contributed by atoms with Crippen LogP contribution in [0.25, 0.3) is 0 Å². The number of benzene rings is 1. The van der Waals surface area contributed by atoms with Crippen LogP contribution < -0.4 is 5.63 Å². The van der Waals surface area contributed by atoms with E-state index < -0.39 is 27.6 Å². The summed E-state index contributed by atoms with van der Waals surface area (Å²) < 4.78 is 4.75. The zero-order chi connectivity index (χ0) is 14.9. The highest BCUT2D eigenvalue weighted by Gasteiger charge is 2.20. The Bertz CT molecular complexity index is 744. The van der Waals surface area contributed by atoms with Gasteiger partial charge in [0.05, 0.1) is 4.92 Å². The highest BCUT2D eigenvalue weighted by molar-refractivity contribution is 6.10. The molecule has 0 radical (unpaired) electrons. The van der Waals surface area contributed by atoms with Crippen LogP contribution in [0.5, 0.6) is 5.75 Å². The average molecular weight is 275 g/mol. The molecule has 0 bridgehead atoms. The maximum atomic E-state index is 12.1. The molecule has 0 aliphatic rings. The lowest BCUT2D eigenvalue weighted by Gasteiger charge is -2.03. The van der Waals surface area contributed by atoms with Crippen LogP contribution >= 0.6 is 0 Å². The first-order valence-corrected chi connectivity index (χ1v) is 5.53. The average Bonchev–Trinajstić information content (AvgIpc) is 2.37.